The summed E-state index contributed by atoms with van der Waals surface area (Å²) in [6.45, 7) is 1.36. The van der Waals surface area contributed by atoms with Gasteiger partial charge in [0.15, 0.2) is 0 Å². The van der Waals surface area contributed by atoms with Crippen molar-refractivity contribution in [1.29, 1.82) is 0 Å². The van der Waals surface area contributed by atoms with Crippen LogP contribution in [0.3, 0.4) is 0 Å². The van der Waals surface area contributed by atoms with E-state index in [-0.39, 0.29) is 5.56 Å². The molecular weight excluding hydrogens is 290 g/mol. The Hall–Kier alpha value is -3.14. The number of pyridine rings is 1. The highest BCUT2D eigenvalue weighted by molar-refractivity contribution is 6.20. The number of carbonyl (C=O) groups excluding carboxylic acids is 1. The van der Waals surface area contributed by atoms with Crippen LogP contribution in [0.2, 0.25) is 0 Å². The molecular formula is C19H13NO3. The summed E-state index contributed by atoms with van der Waals surface area (Å²) in [4.78, 5) is 26.6. The van der Waals surface area contributed by atoms with E-state index in [1.54, 1.807) is 6.07 Å². The SMILES string of the molecule is CC(=O)Oc1cc2[nH]c(=O)c3ccccc3c2c2ccccc12. The minimum atomic E-state index is -0.391. The monoisotopic (exact) mass is 303 g/mol. The first kappa shape index (κ1) is 13.5. The van der Waals surface area contributed by atoms with Crippen LogP contribution in [0.5, 0.6) is 5.75 Å². The van der Waals surface area contributed by atoms with Gasteiger partial charge in [0.05, 0.1) is 5.52 Å². The average Bonchev–Trinajstić information content (AvgIpc) is 2.54. The van der Waals surface area contributed by atoms with Crippen molar-refractivity contribution in [3.63, 3.8) is 0 Å². The van der Waals surface area contributed by atoms with E-state index < -0.39 is 5.97 Å². The second-order valence-electron chi connectivity index (χ2n) is 5.44. The van der Waals surface area contributed by atoms with Crippen LogP contribution in [-0.2, 0) is 4.79 Å². The fourth-order valence-corrected chi connectivity index (χ4v) is 3.06. The fourth-order valence-electron chi connectivity index (χ4n) is 3.06. The Morgan fingerprint density at radius 3 is 2.13 bits per heavy atom. The molecule has 0 saturated heterocycles. The Balaban J connectivity index is 2.27. The van der Waals surface area contributed by atoms with Crippen LogP contribution in [-0.4, -0.2) is 11.0 Å². The zero-order chi connectivity index (χ0) is 16.0. The van der Waals surface area contributed by atoms with Gasteiger partial charge in [-0.15, -0.1) is 0 Å². The van der Waals surface area contributed by atoms with Gasteiger partial charge in [-0.1, -0.05) is 42.5 Å². The molecule has 0 aliphatic rings. The molecule has 112 valence electrons. The second-order valence-corrected chi connectivity index (χ2v) is 5.44. The van der Waals surface area contributed by atoms with Crippen molar-refractivity contribution >= 4 is 38.4 Å². The van der Waals surface area contributed by atoms with Gasteiger partial charge in [0.1, 0.15) is 5.75 Å². The molecule has 23 heavy (non-hydrogen) atoms. The number of ether oxygens (including phenoxy) is 1. The minimum absolute atomic E-state index is 0.155. The fraction of sp³-hybridized carbons (Fsp3) is 0.0526. The molecule has 1 aromatic heterocycles. The van der Waals surface area contributed by atoms with Crippen molar-refractivity contribution in [3.05, 3.63) is 65.0 Å². The molecule has 0 fully saturated rings. The van der Waals surface area contributed by atoms with Crippen molar-refractivity contribution in [2.75, 3.05) is 0 Å². The van der Waals surface area contributed by atoms with Gasteiger partial charge in [-0.25, -0.2) is 0 Å². The standard InChI is InChI=1S/C19H13NO3/c1-11(21)23-17-10-16-18(13-7-3-2-6-12(13)17)14-8-4-5-9-15(14)19(22)20-16/h2-10H,1H3,(H,20,22). The zero-order valence-electron chi connectivity index (χ0n) is 12.4. The van der Waals surface area contributed by atoms with E-state index in [4.69, 9.17) is 4.74 Å². The van der Waals surface area contributed by atoms with Crippen molar-refractivity contribution in [3.8, 4) is 5.75 Å². The highest BCUT2D eigenvalue weighted by Gasteiger charge is 2.13. The van der Waals surface area contributed by atoms with E-state index in [1.807, 2.05) is 48.5 Å². The summed E-state index contributed by atoms with van der Waals surface area (Å²) in [5, 5.41) is 4.26. The van der Waals surface area contributed by atoms with Crippen molar-refractivity contribution < 1.29 is 9.53 Å². The van der Waals surface area contributed by atoms with Gasteiger partial charge in [0, 0.05) is 29.1 Å². The van der Waals surface area contributed by atoms with E-state index in [9.17, 15) is 9.59 Å². The lowest BCUT2D eigenvalue weighted by atomic mass is 9.99. The van der Waals surface area contributed by atoms with Crippen LogP contribution in [0.15, 0.2) is 59.4 Å². The third kappa shape index (κ3) is 2.07. The van der Waals surface area contributed by atoms with Crippen LogP contribution >= 0.6 is 0 Å². The Labute approximate surface area is 131 Å². The highest BCUT2D eigenvalue weighted by atomic mass is 16.5. The summed E-state index contributed by atoms with van der Waals surface area (Å²) in [6, 6.07) is 16.9. The molecule has 4 rings (SSSR count). The quantitative estimate of drug-likeness (QED) is 0.331. The number of rotatable bonds is 1. The summed E-state index contributed by atoms with van der Waals surface area (Å²) in [7, 11) is 0. The van der Waals surface area contributed by atoms with Crippen molar-refractivity contribution in [2.45, 2.75) is 6.92 Å². The molecule has 0 unspecified atom stereocenters. The molecule has 1 heterocycles. The Bertz CT molecular complexity index is 1140. The van der Waals surface area contributed by atoms with Crippen LogP contribution in [0.25, 0.3) is 32.4 Å². The third-order valence-electron chi connectivity index (χ3n) is 3.95. The lowest BCUT2D eigenvalue weighted by Crippen LogP contribution is -2.07. The average molecular weight is 303 g/mol. The number of fused-ring (bicyclic) bond motifs is 5. The molecule has 4 heteroatoms. The predicted octanol–water partition coefficient (Wildman–Crippen LogP) is 3.76. The van der Waals surface area contributed by atoms with Gasteiger partial charge in [0.2, 0.25) is 0 Å². The molecule has 4 nitrogen and oxygen atoms in total. The predicted molar refractivity (Wildman–Crippen MR) is 90.9 cm³/mol. The van der Waals surface area contributed by atoms with E-state index in [0.29, 0.717) is 16.7 Å². The molecule has 0 radical (unpaired) electrons. The summed E-state index contributed by atoms with van der Waals surface area (Å²) >= 11 is 0. The summed E-state index contributed by atoms with van der Waals surface area (Å²) in [5.74, 6) is 0.0594. The normalized spacial score (nSPS) is 11.2. The van der Waals surface area contributed by atoms with E-state index >= 15 is 0 Å². The molecule has 0 aliphatic carbocycles. The number of hydrogen-bond donors (Lipinski definition) is 1. The van der Waals surface area contributed by atoms with Gasteiger partial charge < -0.3 is 9.72 Å². The first-order chi connectivity index (χ1) is 11.1. The zero-order valence-corrected chi connectivity index (χ0v) is 12.4. The maximum atomic E-state index is 12.3. The molecule has 0 aliphatic heterocycles. The lowest BCUT2D eigenvalue weighted by Gasteiger charge is -2.11. The third-order valence-corrected chi connectivity index (χ3v) is 3.95. The largest absolute Gasteiger partial charge is 0.426 e. The molecule has 0 bridgehead atoms. The number of nitrogens with one attached hydrogen (secondary N) is 1. The molecule has 4 aromatic rings. The van der Waals surface area contributed by atoms with E-state index in [1.165, 1.54) is 6.92 Å². The first-order valence-corrected chi connectivity index (χ1v) is 7.30. The van der Waals surface area contributed by atoms with Gasteiger partial charge in [-0.2, -0.15) is 0 Å². The van der Waals surface area contributed by atoms with E-state index in [0.717, 1.165) is 21.5 Å². The van der Waals surface area contributed by atoms with Gasteiger partial charge in [0.25, 0.3) is 5.56 Å². The van der Waals surface area contributed by atoms with Gasteiger partial charge in [-0.3, -0.25) is 9.59 Å². The summed E-state index contributed by atoms with van der Waals surface area (Å²) in [5.41, 5.74) is 0.501. The first-order valence-electron chi connectivity index (χ1n) is 7.30. The minimum Gasteiger partial charge on any atom is -0.426 e. The maximum Gasteiger partial charge on any atom is 0.308 e. The highest BCUT2D eigenvalue weighted by Crippen LogP contribution is 2.35. The molecule has 0 amide bonds. The second kappa shape index (κ2) is 4.95. The molecule has 0 atom stereocenters. The van der Waals surface area contributed by atoms with Gasteiger partial charge in [-0.05, 0) is 16.8 Å². The number of H-pyrrole nitrogens is 1. The number of esters is 1. The molecule has 1 N–H and O–H groups in total. The maximum absolute atomic E-state index is 12.3. The number of hydrogen-bond acceptors (Lipinski definition) is 3. The lowest BCUT2D eigenvalue weighted by molar-refractivity contribution is -0.131. The Morgan fingerprint density at radius 2 is 1.48 bits per heavy atom. The Kier molecular flexibility index (Phi) is 2.91. The van der Waals surface area contributed by atoms with Crippen molar-refractivity contribution in [2.24, 2.45) is 0 Å². The molecule has 0 saturated carbocycles. The summed E-state index contributed by atoms with van der Waals surface area (Å²) in [6.07, 6.45) is 0. The van der Waals surface area contributed by atoms with Crippen LogP contribution in [0.1, 0.15) is 6.92 Å². The molecule has 0 spiro atoms. The Morgan fingerprint density at radius 1 is 0.913 bits per heavy atom. The van der Waals surface area contributed by atoms with Crippen molar-refractivity contribution in [1.82, 2.24) is 4.98 Å². The topological polar surface area (TPSA) is 59.2 Å². The number of aromatic nitrogens is 1. The van der Waals surface area contributed by atoms with Crippen LogP contribution in [0, 0.1) is 0 Å². The number of benzene rings is 3. The number of aromatic amines is 1. The van der Waals surface area contributed by atoms with Crippen LogP contribution in [0.4, 0.5) is 0 Å². The smallest absolute Gasteiger partial charge is 0.308 e. The molecule has 3 aromatic carbocycles. The van der Waals surface area contributed by atoms with E-state index in [2.05, 4.69) is 4.98 Å². The van der Waals surface area contributed by atoms with Gasteiger partial charge >= 0.3 is 5.97 Å². The summed E-state index contributed by atoms with van der Waals surface area (Å²) < 4.78 is 5.33. The van der Waals surface area contributed by atoms with Crippen LogP contribution < -0.4 is 10.3 Å². The number of carbonyl (C=O) groups is 1.